The standard InChI is InChI=1S/C9H13N3/c1-3-5-9-11-7(4-2)6-8(10)12-9/h3,5-6H,4H2,1-2H3,(H2,10,11,12)/b5-3+. The summed E-state index contributed by atoms with van der Waals surface area (Å²) in [7, 11) is 0. The summed E-state index contributed by atoms with van der Waals surface area (Å²) in [5, 5.41) is 0. The Kier molecular flexibility index (Phi) is 2.80. The molecule has 3 nitrogen and oxygen atoms in total. The van der Waals surface area contributed by atoms with Gasteiger partial charge in [-0.25, -0.2) is 9.97 Å². The number of nitrogen functional groups attached to an aromatic ring is 1. The smallest absolute Gasteiger partial charge is 0.154 e. The molecule has 12 heavy (non-hydrogen) atoms. The summed E-state index contributed by atoms with van der Waals surface area (Å²) in [5.74, 6) is 1.23. The van der Waals surface area contributed by atoms with Crippen molar-refractivity contribution in [2.24, 2.45) is 0 Å². The van der Waals surface area contributed by atoms with Gasteiger partial charge in [-0.05, 0) is 19.4 Å². The summed E-state index contributed by atoms with van der Waals surface area (Å²) in [5.41, 5.74) is 6.56. The van der Waals surface area contributed by atoms with Gasteiger partial charge in [0.15, 0.2) is 5.82 Å². The Hall–Kier alpha value is -1.38. The van der Waals surface area contributed by atoms with Gasteiger partial charge in [-0.1, -0.05) is 13.0 Å². The van der Waals surface area contributed by atoms with E-state index in [4.69, 9.17) is 5.73 Å². The van der Waals surface area contributed by atoms with E-state index in [-0.39, 0.29) is 0 Å². The molecule has 0 aliphatic heterocycles. The predicted octanol–water partition coefficient (Wildman–Crippen LogP) is 1.65. The van der Waals surface area contributed by atoms with Gasteiger partial charge in [0.2, 0.25) is 0 Å². The van der Waals surface area contributed by atoms with Crippen molar-refractivity contribution >= 4 is 11.9 Å². The third-order valence-corrected chi connectivity index (χ3v) is 1.49. The summed E-state index contributed by atoms with van der Waals surface area (Å²) < 4.78 is 0. The van der Waals surface area contributed by atoms with Crippen LogP contribution in [-0.2, 0) is 6.42 Å². The van der Waals surface area contributed by atoms with E-state index < -0.39 is 0 Å². The molecule has 0 unspecified atom stereocenters. The van der Waals surface area contributed by atoms with E-state index in [0.29, 0.717) is 11.6 Å². The van der Waals surface area contributed by atoms with Gasteiger partial charge >= 0.3 is 0 Å². The molecular formula is C9H13N3. The fraction of sp³-hybridized carbons (Fsp3) is 0.333. The minimum absolute atomic E-state index is 0.537. The van der Waals surface area contributed by atoms with Gasteiger partial charge in [-0.3, -0.25) is 0 Å². The Morgan fingerprint density at radius 2 is 2.25 bits per heavy atom. The van der Waals surface area contributed by atoms with Crippen LogP contribution in [0.1, 0.15) is 25.4 Å². The van der Waals surface area contributed by atoms with E-state index in [1.165, 1.54) is 0 Å². The average molecular weight is 163 g/mol. The van der Waals surface area contributed by atoms with E-state index in [9.17, 15) is 0 Å². The first-order valence-corrected chi connectivity index (χ1v) is 4.02. The van der Waals surface area contributed by atoms with Crippen molar-refractivity contribution in [1.29, 1.82) is 0 Å². The van der Waals surface area contributed by atoms with E-state index in [2.05, 4.69) is 9.97 Å². The van der Waals surface area contributed by atoms with Crippen molar-refractivity contribution in [3.05, 3.63) is 23.7 Å². The molecule has 1 aromatic heterocycles. The van der Waals surface area contributed by atoms with Crippen molar-refractivity contribution < 1.29 is 0 Å². The second-order valence-electron chi connectivity index (χ2n) is 2.50. The van der Waals surface area contributed by atoms with E-state index in [0.717, 1.165) is 12.1 Å². The fourth-order valence-corrected chi connectivity index (χ4v) is 0.944. The zero-order valence-corrected chi connectivity index (χ0v) is 7.41. The molecule has 64 valence electrons. The second-order valence-corrected chi connectivity index (χ2v) is 2.50. The van der Waals surface area contributed by atoms with Gasteiger partial charge in [0, 0.05) is 11.8 Å². The first kappa shape index (κ1) is 8.71. The molecular weight excluding hydrogens is 150 g/mol. The molecule has 1 aromatic rings. The van der Waals surface area contributed by atoms with Crippen LogP contribution >= 0.6 is 0 Å². The van der Waals surface area contributed by atoms with Crippen molar-refractivity contribution in [2.75, 3.05) is 5.73 Å². The third-order valence-electron chi connectivity index (χ3n) is 1.49. The number of hydrogen-bond acceptors (Lipinski definition) is 3. The lowest BCUT2D eigenvalue weighted by Gasteiger charge is -1.99. The zero-order valence-electron chi connectivity index (χ0n) is 7.41. The number of anilines is 1. The topological polar surface area (TPSA) is 51.8 Å². The predicted molar refractivity (Wildman–Crippen MR) is 50.5 cm³/mol. The van der Waals surface area contributed by atoms with E-state index in [1.54, 1.807) is 6.07 Å². The molecule has 0 radical (unpaired) electrons. The molecule has 0 spiro atoms. The lowest BCUT2D eigenvalue weighted by Crippen LogP contribution is -1.98. The Morgan fingerprint density at radius 3 is 2.83 bits per heavy atom. The highest BCUT2D eigenvalue weighted by molar-refractivity contribution is 5.43. The molecule has 0 aliphatic carbocycles. The number of rotatable bonds is 2. The Labute approximate surface area is 72.3 Å². The van der Waals surface area contributed by atoms with Crippen LogP contribution in [0.15, 0.2) is 12.1 Å². The highest BCUT2D eigenvalue weighted by Crippen LogP contribution is 2.04. The van der Waals surface area contributed by atoms with Gasteiger partial charge in [0.25, 0.3) is 0 Å². The number of aryl methyl sites for hydroxylation is 1. The summed E-state index contributed by atoms with van der Waals surface area (Å²) in [4.78, 5) is 8.32. The average Bonchev–Trinajstić information content (AvgIpc) is 2.04. The fourth-order valence-electron chi connectivity index (χ4n) is 0.944. The van der Waals surface area contributed by atoms with Gasteiger partial charge in [-0.15, -0.1) is 0 Å². The minimum Gasteiger partial charge on any atom is -0.384 e. The van der Waals surface area contributed by atoms with Crippen molar-refractivity contribution in [3.63, 3.8) is 0 Å². The van der Waals surface area contributed by atoms with E-state index >= 15 is 0 Å². The summed E-state index contributed by atoms with van der Waals surface area (Å²) in [6.07, 6.45) is 4.63. The van der Waals surface area contributed by atoms with Crippen LogP contribution in [0.3, 0.4) is 0 Å². The molecule has 0 fully saturated rings. The lowest BCUT2D eigenvalue weighted by molar-refractivity contribution is 0.990. The molecule has 0 saturated heterocycles. The second kappa shape index (κ2) is 3.85. The summed E-state index contributed by atoms with van der Waals surface area (Å²) in [6.45, 7) is 3.97. The van der Waals surface area contributed by atoms with Gasteiger partial charge in [0.05, 0.1) is 0 Å². The van der Waals surface area contributed by atoms with Gasteiger partial charge < -0.3 is 5.73 Å². The normalized spacial score (nSPS) is 10.8. The quantitative estimate of drug-likeness (QED) is 0.721. The summed E-state index contributed by atoms with van der Waals surface area (Å²) >= 11 is 0. The van der Waals surface area contributed by atoms with Crippen LogP contribution in [0.2, 0.25) is 0 Å². The number of nitrogens with zero attached hydrogens (tertiary/aromatic N) is 2. The SMILES string of the molecule is C/C=C/c1nc(N)cc(CC)n1. The maximum absolute atomic E-state index is 5.58. The molecule has 0 saturated carbocycles. The Balaban J connectivity index is 3.06. The Bertz CT molecular complexity index is 292. The van der Waals surface area contributed by atoms with Crippen molar-refractivity contribution in [1.82, 2.24) is 9.97 Å². The van der Waals surface area contributed by atoms with Gasteiger partial charge in [-0.2, -0.15) is 0 Å². The number of nitrogens with two attached hydrogens (primary N) is 1. The largest absolute Gasteiger partial charge is 0.384 e. The van der Waals surface area contributed by atoms with Gasteiger partial charge in [0.1, 0.15) is 5.82 Å². The van der Waals surface area contributed by atoms with Crippen LogP contribution in [0.25, 0.3) is 6.08 Å². The molecule has 1 heterocycles. The van der Waals surface area contributed by atoms with Crippen LogP contribution in [0.4, 0.5) is 5.82 Å². The van der Waals surface area contributed by atoms with E-state index in [1.807, 2.05) is 26.0 Å². The third kappa shape index (κ3) is 2.05. The molecule has 0 bridgehead atoms. The van der Waals surface area contributed by atoms with Crippen LogP contribution < -0.4 is 5.73 Å². The number of allylic oxidation sites excluding steroid dienone is 1. The van der Waals surface area contributed by atoms with Crippen LogP contribution in [0.5, 0.6) is 0 Å². The molecule has 1 rings (SSSR count). The number of aromatic nitrogens is 2. The molecule has 0 aromatic carbocycles. The first-order chi connectivity index (χ1) is 5.76. The zero-order chi connectivity index (χ0) is 8.97. The van der Waals surface area contributed by atoms with Crippen LogP contribution in [0, 0.1) is 0 Å². The highest BCUT2D eigenvalue weighted by atomic mass is 14.9. The van der Waals surface area contributed by atoms with Crippen molar-refractivity contribution in [2.45, 2.75) is 20.3 Å². The molecule has 0 amide bonds. The monoisotopic (exact) mass is 163 g/mol. The maximum atomic E-state index is 5.58. The molecule has 3 heteroatoms. The maximum Gasteiger partial charge on any atom is 0.154 e. The molecule has 0 atom stereocenters. The Morgan fingerprint density at radius 1 is 1.50 bits per heavy atom. The minimum atomic E-state index is 0.537. The lowest BCUT2D eigenvalue weighted by atomic mass is 10.3. The van der Waals surface area contributed by atoms with Crippen molar-refractivity contribution in [3.8, 4) is 0 Å². The first-order valence-electron chi connectivity index (χ1n) is 4.02. The van der Waals surface area contributed by atoms with Crippen LogP contribution in [-0.4, -0.2) is 9.97 Å². The highest BCUT2D eigenvalue weighted by Gasteiger charge is 1.96. The summed E-state index contributed by atoms with van der Waals surface area (Å²) in [6, 6.07) is 1.80. The number of hydrogen-bond donors (Lipinski definition) is 1. The molecule has 0 aliphatic rings. The molecule has 2 N–H and O–H groups in total.